The summed E-state index contributed by atoms with van der Waals surface area (Å²) in [5.41, 5.74) is 13.3. The summed E-state index contributed by atoms with van der Waals surface area (Å²) < 4.78 is 9.30. The summed E-state index contributed by atoms with van der Waals surface area (Å²) >= 11 is 1.84. The van der Waals surface area contributed by atoms with Crippen molar-refractivity contribution < 1.29 is 4.42 Å². The Kier molecular flexibility index (Phi) is 7.68. The number of benzene rings is 8. The predicted molar refractivity (Wildman–Crippen MR) is 235 cm³/mol. The van der Waals surface area contributed by atoms with Crippen molar-refractivity contribution in [1.29, 1.82) is 0 Å². The molecule has 56 heavy (non-hydrogen) atoms. The molecule has 11 rings (SSSR count). The van der Waals surface area contributed by atoms with E-state index in [1.165, 1.54) is 20.2 Å². The predicted octanol–water partition coefficient (Wildman–Crippen LogP) is 14.7. The zero-order valence-corrected chi connectivity index (χ0v) is 31.0. The highest BCUT2D eigenvalue weighted by atomic mass is 32.1. The Labute approximate surface area is 327 Å². The van der Waals surface area contributed by atoms with Crippen LogP contribution in [-0.2, 0) is 0 Å². The maximum atomic E-state index is 6.71. The Balaban J connectivity index is 1.04. The van der Waals surface area contributed by atoms with Crippen LogP contribution in [0.1, 0.15) is 0 Å². The van der Waals surface area contributed by atoms with Gasteiger partial charge >= 0.3 is 0 Å². The monoisotopic (exact) mass is 732 g/mol. The molecule has 0 radical (unpaired) electrons. The van der Waals surface area contributed by atoms with Gasteiger partial charge in [0.15, 0.2) is 5.82 Å². The largest absolute Gasteiger partial charge is 0.455 e. The lowest BCUT2D eigenvalue weighted by atomic mass is 9.93. The summed E-state index contributed by atoms with van der Waals surface area (Å²) in [6.45, 7) is 0. The lowest BCUT2D eigenvalue weighted by Gasteiger charge is -2.13. The Hall–Kier alpha value is -7.14. The first kappa shape index (κ1) is 32.3. The van der Waals surface area contributed by atoms with Gasteiger partial charge in [0.25, 0.3) is 0 Å². The molecule has 0 fully saturated rings. The van der Waals surface area contributed by atoms with Gasteiger partial charge in [-0.3, -0.25) is 0 Å². The topological polar surface area (TPSA) is 38.9 Å². The molecule has 3 nitrogen and oxygen atoms in total. The van der Waals surface area contributed by atoms with E-state index in [4.69, 9.17) is 14.4 Å². The van der Waals surface area contributed by atoms with Crippen molar-refractivity contribution in [3.05, 3.63) is 194 Å². The van der Waals surface area contributed by atoms with Gasteiger partial charge in [0, 0.05) is 53.2 Å². The second-order valence-electron chi connectivity index (χ2n) is 14.1. The van der Waals surface area contributed by atoms with Gasteiger partial charge in [-0.1, -0.05) is 158 Å². The minimum atomic E-state index is 0.682. The third kappa shape index (κ3) is 5.50. The van der Waals surface area contributed by atoms with Crippen molar-refractivity contribution in [2.24, 2.45) is 0 Å². The summed E-state index contributed by atoms with van der Waals surface area (Å²) in [6, 6.07) is 68.3. The van der Waals surface area contributed by atoms with E-state index in [0.29, 0.717) is 5.82 Å². The minimum absolute atomic E-state index is 0.682. The fourth-order valence-electron chi connectivity index (χ4n) is 8.04. The average molecular weight is 733 g/mol. The van der Waals surface area contributed by atoms with Crippen LogP contribution >= 0.6 is 11.3 Å². The molecule has 11 aromatic rings. The Morgan fingerprint density at radius 3 is 1.77 bits per heavy atom. The van der Waals surface area contributed by atoms with Gasteiger partial charge in [0.05, 0.1) is 11.4 Å². The van der Waals surface area contributed by atoms with Gasteiger partial charge in [0.2, 0.25) is 0 Å². The normalized spacial score (nSPS) is 11.6. The smallest absolute Gasteiger partial charge is 0.160 e. The van der Waals surface area contributed by atoms with Crippen molar-refractivity contribution in [1.82, 2.24) is 9.97 Å². The van der Waals surface area contributed by atoms with Crippen molar-refractivity contribution in [2.75, 3.05) is 0 Å². The highest BCUT2D eigenvalue weighted by molar-refractivity contribution is 7.25. The number of furan rings is 1. The molecular weight excluding hydrogens is 701 g/mol. The van der Waals surface area contributed by atoms with Crippen LogP contribution < -0.4 is 0 Å². The van der Waals surface area contributed by atoms with Crippen LogP contribution in [0.3, 0.4) is 0 Å². The van der Waals surface area contributed by atoms with E-state index in [2.05, 4.69) is 176 Å². The van der Waals surface area contributed by atoms with Gasteiger partial charge in [-0.25, -0.2) is 9.97 Å². The number of fused-ring (bicyclic) bond motifs is 6. The Morgan fingerprint density at radius 1 is 0.357 bits per heavy atom. The zero-order chi connectivity index (χ0) is 37.0. The SMILES string of the molecule is c1ccc(-c2cc(-c3ccccc3-c3ccccc3)nc(-c3ccc(-c4ccc(-c5ccc6sc7ccccc7c6c5)c5oc6ccccc6c45)cc3)n2)cc1. The zero-order valence-electron chi connectivity index (χ0n) is 30.2. The highest BCUT2D eigenvalue weighted by Crippen LogP contribution is 2.44. The molecule has 4 heteroatoms. The minimum Gasteiger partial charge on any atom is -0.455 e. The molecule has 262 valence electrons. The van der Waals surface area contributed by atoms with E-state index in [1.807, 2.05) is 29.5 Å². The molecule has 8 aromatic carbocycles. The molecule has 3 aromatic heterocycles. The summed E-state index contributed by atoms with van der Waals surface area (Å²) in [5, 5.41) is 4.78. The van der Waals surface area contributed by atoms with E-state index in [9.17, 15) is 0 Å². The Morgan fingerprint density at radius 2 is 0.946 bits per heavy atom. The van der Waals surface area contributed by atoms with E-state index in [1.54, 1.807) is 0 Å². The maximum absolute atomic E-state index is 6.71. The summed E-state index contributed by atoms with van der Waals surface area (Å²) in [4.78, 5) is 10.4. The molecule has 0 saturated heterocycles. The number of aromatic nitrogens is 2. The number of rotatable bonds is 6. The van der Waals surface area contributed by atoms with E-state index >= 15 is 0 Å². The lowest BCUT2D eigenvalue weighted by Crippen LogP contribution is -1.97. The molecular formula is C52H32N2OS. The van der Waals surface area contributed by atoms with Gasteiger partial charge in [-0.2, -0.15) is 0 Å². The van der Waals surface area contributed by atoms with Crippen molar-refractivity contribution in [3.63, 3.8) is 0 Å². The molecule has 0 saturated carbocycles. The molecule has 0 atom stereocenters. The molecule has 3 heterocycles. The molecule has 0 bridgehead atoms. The molecule has 0 aliphatic carbocycles. The molecule has 0 aliphatic rings. The van der Waals surface area contributed by atoms with Gasteiger partial charge < -0.3 is 4.42 Å². The lowest BCUT2D eigenvalue weighted by molar-refractivity contribution is 0.670. The number of nitrogens with zero attached hydrogens (tertiary/aromatic N) is 2. The van der Waals surface area contributed by atoms with E-state index in [0.717, 1.165) is 83.4 Å². The summed E-state index contributed by atoms with van der Waals surface area (Å²) in [6.07, 6.45) is 0. The molecule has 0 amide bonds. The molecule has 0 N–H and O–H groups in total. The number of hydrogen-bond donors (Lipinski definition) is 0. The standard InChI is InChI=1S/C52H32N2OS/c1-3-13-33(14-4-1)38-17-7-8-18-41(38)46-32-45(35-15-5-2-6-16-35)53-52(54-46)36-25-23-34(24-26-36)39-28-29-40(51-50(39)43-20-9-11-21-47(43)55-51)37-27-30-49-44(31-37)42-19-10-12-22-48(42)56-49/h1-32H. The maximum Gasteiger partial charge on any atom is 0.160 e. The van der Waals surface area contributed by atoms with Gasteiger partial charge in [-0.05, 0) is 64.2 Å². The second-order valence-corrected chi connectivity index (χ2v) is 15.2. The van der Waals surface area contributed by atoms with Crippen molar-refractivity contribution >= 4 is 53.4 Å². The van der Waals surface area contributed by atoms with Crippen LogP contribution in [-0.4, -0.2) is 9.97 Å². The highest BCUT2D eigenvalue weighted by Gasteiger charge is 2.19. The fraction of sp³-hybridized carbons (Fsp3) is 0. The second kappa shape index (κ2) is 13.3. The van der Waals surface area contributed by atoms with Gasteiger partial charge in [0.1, 0.15) is 11.2 Å². The summed E-state index contributed by atoms with van der Waals surface area (Å²) in [5.74, 6) is 0.682. The third-order valence-electron chi connectivity index (χ3n) is 10.8. The van der Waals surface area contributed by atoms with Crippen LogP contribution in [0.4, 0.5) is 0 Å². The van der Waals surface area contributed by atoms with Crippen LogP contribution in [0, 0.1) is 0 Å². The fourth-order valence-corrected chi connectivity index (χ4v) is 9.12. The van der Waals surface area contributed by atoms with Crippen LogP contribution in [0.2, 0.25) is 0 Å². The number of thiophene rings is 1. The summed E-state index contributed by atoms with van der Waals surface area (Å²) in [7, 11) is 0. The van der Waals surface area contributed by atoms with Gasteiger partial charge in [-0.15, -0.1) is 11.3 Å². The first-order chi connectivity index (χ1) is 27.7. The first-order valence-corrected chi connectivity index (χ1v) is 19.6. The van der Waals surface area contributed by atoms with Crippen molar-refractivity contribution in [2.45, 2.75) is 0 Å². The quantitative estimate of drug-likeness (QED) is 0.171. The average Bonchev–Trinajstić information content (AvgIpc) is 3.85. The molecule has 0 unspecified atom stereocenters. The number of hydrogen-bond acceptors (Lipinski definition) is 4. The van der Waals surface area contributed by atoms with Crippen molar-refractivity contribution in [3.8, 4) is 67.3 Å². The molecule has 0 spiro atoms. The first-order valence-electron chi connectivity index (χ1n) is 18.8. The third-order valence-corrected chi connectivity index (χ3v) is 11.9. The van der Waals surface area contributed by atoms with E-state index in [-0.39, 0.29) is 0 Å². The molecule has 0 aliphatic heterocycles. The van der Waals surface area contributed by atoms with E-state index < -0.39 is 0 Å². The van der Waals surface area contributed by atoms with Crippen LogP contribution in [0.25, 0.3) is 109 Å². The van der Waals surface area contributed by atoms with Crippen LogP contribution in [0.15, 0.2) is 199 Å². The van der Waals surface area contributed by atoms with Crippen LogP contribution in [0.5, 0.6) is 0 Å². The number of para-hydroxylation sites is 1. The Bertz CT molecular complexity index is 3240.